The summed E-state index contributed by atoms with van der Waals surface area (Å²) < 4.78 is 13.9. The third-order valence-corrected chi connectivity index (χ3v) is 8.33. The van der Waals surface area contributed by atoms with Gasteiger partial charge in [0.1, 0.15) is 17.5 Å². The van der Waals surface area contributed by atoms with Crippen molar-refractivity contribution in [2.75, 3.05) is 22.1 Å². The predicted molar refractivity (Wildman–Crippen MR) is 150 cm³/mol. The van der Waals surface area contributed by atoms with Gasteiger partial charge in [0.25, 0.3) is 5.91 Å². The average molecular weight is 536 g/mol. The Morgan fingerprint density at radius 3 is 2.67 bits per heavy atom. The minimum Gasteiger partial charge on any atom is -0.342 e. The van der Waals surface area contributed by atoms with Crippen LogP contribution in [0.15, 0.2) is 71.7 Å². The Labute approximate surface area is 229 Å². The molecule has 0 saturated carbocycles. The number of fused-ring (bicyclic) bond motifs is 4. The average Bonchev–Trinajstić information content (AvgIpc) is 3.52. The number of anilines is 4. The van der Waals surface area contributed by atoms with Gasteiger partial charge in [-0.15, -0.1) is 0 Å². The number of carbonyl (C=O) groups is 2. The zero-order valence-electron chi connectivity index (χ0n) is 22.0. The van der Waals surface area contributed by atoms with Crippen molar-refractivity contribution in [2.45, 2.75) is 37.5 Å². The van der Waals surface area contributed by atoms with Crippen LogP contribution >= 0.6 is 0 Å². The fraction of sp³-hybridized carbons (Fsp3) is 0.226. The molecule has 0 bridgehead atoms. The molecule has 2 aliphatic heterocycles. The molecule has 0 fully saturated rings. The van der Waals surface area contributed by atoms with E-state index in [2.05, 4.69) is 20.6 Å². The van der Waals surface area contributed by atoms with Gasteiger partial charge in [0.15, 0.2) is 0 Å². The Hall–Kier alpha value is -4.79. The van der Waals surface area contributed by atoms with Gasteiger partial charge in [0, 0.05) is 46.7 Å². The molecule has 4 heterocycles. The number of carbonyl (C=O) groups excluding carboxylic acids is 2. The minimum absolute atomic E-state index is 0.0446. The molecular weight excluding hydrogens is 509 g/mol. The Balaban J connectivity index is 1.16. The molecule has 2 aromatic carbocycles. The van der Waals surface area contributed by atoms with Gasteiger partial charge in [0.2, 0.25) is 11.5 Å². The van der Waals surface area contributed by atoms with Crippen LogP contribution in [0.25, 0.3) is 0 Å². The van der Waals surface area contributed by atoms with Crippen LogP contribution < -0.4 is 21.1 Å². The van der Waals surface area contributed by atoms with Crippen molar-refractivity contribution in [3.63, 3.8) is 0 Å². The second-order valence-electron chi connectivity index (χ2n) is 11.5. The van der Waals surface area contributed by atoms with Crippen molar-refractivity contribution in [3.8, 4) is 0 Å². The first-order chi connectivity index (χ1) is 19.1. The molecule has 2 amide bonds. The lowest BCUT2D eigenvalue weighted by atomic mass is 9.79. The topological polar surface area (TPSA) is 107 Å². The van der Waals surface area contributed by atoms with Crippen LogP contribution in [0.1, 0.15) is 46.5 Å². The molecule has 0 saturated heterocycles. The van der Waals surface area contributed by atoms with Crippen molar-refractivity contribution in [3.05, 3.63) is 111 Å². The number of hydrogen-bond donors (Lipinski definition) is 3. The number of hydrogen-bond acceptors (Lipinski definition) is 5. The van der Waals surface area contributed by atoms with Crippen LogP contribution in [0.4, 0.5) is 27.4 Å². The number of rotatable bonds is 3. The highest BCUT2D eigenvalue weighted by Gasteiger charge is 2.51. The number of aromatic nitrogens is 2. The molecule has 3 aliphatic rings. The zero-order chi connectivity index (χ0) is 27.8. The van der Waals surface area contributed by atoms with Crippen LogP contribution in [-0.2, 0) is 28.5 Å². The van der Waals surface area contributed by atoms with Gasteiger partial charge in [-0.25, -0.2) is 9.37 Å². The molecule has 7 rings (SSSR count). The maximum absolute atomic E-state index is 13.9. The first-order valence-electron chi connectivity index (χ1n) is 13.2. The maximum atomic E-state index is 13.9. The van der Waals surface area contributed by atoms with Gasteiger partial charge in [-0.1, -0.05) is 26.0 Å². The van der Waals surface area contributed by atoms with Crippen molar-refractivity contribution < 1.29 is 14.0 Å². The van der Waals surface area contributed by atoms with E-state index in [1.165, 1.54) is 18.2 Å². The molecule has 1 atom stereocenters. The van der Waals surface area contributed by atoms with Gasteiger partial charge in [-0.2, -0.15) is 0 Å². The van der Waals surface area contributed by atoms with Gasteiger partial charge in [0.05, 0.1) is 5.41 Å². The summed E-state index contributed by atoms with van der Waals surface area (Å²) in [5.74, 6) is 0.264. The summed E-state index contributed by atoms with van der Waals surface area (Å²) in [6.07, 6.45) is 2.80. The molecule has 9 heteroatoms. The zero-order valence-corrected chi connectivity index (χ0v) is 22.0. The summed E-state index contributed by atoms with van der Waals surface area (Å²) in [5.41, 5.74) is 3.87. The summed E-state index contributed by atoms with van der Waals surface area (Å²) in [6, 6.07) is 17.0. The molecule has 40 heavy (non-hydrogen) atoms. The van der Waals surface area contributed by atoms with Crippen molar-refractivity contribution in [1.29, 1.82) is 0 Å². The molecule has 1 spiro atoms. The number of nitrogens with one attached hydrogen (secondary N) is 3. The molecule has 1 aliphatic carbocycles. The number of nitrogens with zero attached hydrogens (tertiary/aromatic N) is 2. The molecule has 8 nitrogen and oxygen atoms in total. The quantitative estimate of drug-likeness (QED) is 0.356. The number of H-pyrrole nitrogens is 1. The second-order valence-corrected chi connectivity index (χ2v) is 11.5. The Bertz CT molecular complexity index is 1810. The van der Waals surface area contributed by atoms with Crippen LogP contribution in [0.5, 0.6) is 0 Å². The summed E-state index contributed by atoms with van der Waals surface area (Å²) in [5, 5.41) is 6.14. The Kier molecular flexibility index (Phi) is 5.07. The van der Waals surface area contributed by atoms with E-state index < -0.39 is 16.4 Å². The highest BCUT2D eigenvalue weighted by molar-refractivity contribution is 6.08. The number of pyridine rings is 2. The monoisotopic (exact) mass is 535 g/mol. The lowest BCUT2D eigenvalue weighted by Gasteiger charge is -2.21. The number of benzene rings is 2. The lowest BCUT2D eigenvalue weighted by molar-refractivity contribution is -0.120. The number of aromatic amines is 1. The molecule has 1 unspecified atom stereocenters. The van der Waals surface area contributed by atoms with Gasteiger partial charge >= 0.3 is 0 Å². The van der Waals surface area contributed by atoms with E-state index in [-0.39, 0.29) is 23.2 Å². The molecule has 0 radical (unpaired) electrons. The molecular formula is C31H26FN5O3. The molecule has 2 aromatic heterocycles. The first kappa shape index (κ1) is 24.3. The normalized spacial score (nSPS) is 19.8. The van der Waals surface area contributed by atoms with Crippen LogP contribution in [0.3, 0.4) is 0 Å². The Morgan fingerprint density at radius 2 is 1.82 bits per heavy atom. The van der Waals surface area contributed by atoms with Crippen LogP contribution in [0.2, 0.25) is 0 Å². The third kappa shape index (κ3) is 3.65. The summed E-state index contributed by atoms with van der Waals surface area (Å²) >= 11 is 0. The van der Waals surface area contributed by atoms with E-state index in [4.69, 9.17) is 0 Å². The lowest BCUT2D eigenvalue weighted by Crippen LogP contribution is -2.35. The predicted octanol–water partition coefficient (Wildman–Crippen LogP) is 4.58. The van der Waals surface area contributed by atoms with Gasteiger partial charge < -0.3 is 20.5 Å². The van der Waals surface area contributed by atoms with Crippen molar-refractivity contribution in [2.24, 2.45) is 0 Å². The van der Waals surface area contributed by atoms with E-state index in [0.717, 1.165) is 27.9 Å². The fourth-order valence-corrected chi connectivity index (χ4v) is 6.42. The summed E-state index contributed by atoms with van der Waals surface area (Å²) in [6.45, 7) is 4.30. The maximum Gasteiger partial charge on any atom is 0.258 e. The second kappa shape index (κ2) is 8.35. The standard InChI is InChI=1S/C31H26FN5O3/c1-30(2)16-37(24-8-6-20(32)13-23(24)30)28(39)18-11-25(35-26(38)12-18)34-21-7-5-17-14-31(15-19(17)10-21)22-4-3-9-33-27(22)36-29(31)40/h3-13H,14-16H2,1-2H3,(H,33,36,40)(H2,34,35,38). The summed E-state index contributed by atoms with van der Waals surface area (Å²) in [7, 11) is 0. The van der Waals surface area contributed by atoms with Crippen LogP contribution in [-0.4, -0.2) is 28.3 Å². The number of halogens is 1. The van der Waals surface area contributed by atoms with E-state index in [9.17, 15) is 18.8 Å². The fourth-order valence-electron chi connectivity index (χ4n) is 6.42. The number of amides is 2. The Morgan fingerprint density at radius 1 is 1.00 bits per heavy atom. The molecule has 3 N–H and O–H groups in total. The molecule has 200 valence electrons. The van der Waals surface area contributed by atoms with E-state index in [1.54, 1.807) is 23.2 Å². The smallest absolute Gasteiger partial charge is 0.258 e. The van der Waals surface area contributed by atoms with E-state index >= 15 is 0 Å². The van der Waals surface area contributed by atoms with Gasteiger partial charge in [-0.3, -0.25) is 14.4 Å². The van der Waals surface area contributed by atoms with E-state index in [0.29, 0.717) is 36.7 Å². The highest BCUT2D eigenvalue weighted by Crippen LogP contribution is 2.47. The summed E-state index contributed by atoms with van der Waals surface area (Å²) in [4.78, 5) is 47.9. The van der Waals surface area contributed by atoms with Crippen LogP contribution in [0, 0.1) is 5.82 Å². The SMILES string of the molecule is CC1(C)CN(C(=O)c2cc(Nc3ccc4c(c3)CC3(C4)C(=O)Nc4ncccc43)[nH]c(=O)c2)c2ccc(F)cc21. The van der Waals surface area contributed by atoms with Gasteiger partial charge in [-0.05, 0) is 72.0 Å². The third-order valence-electron chi connectivity index (χ3n) is 8.33. The van der Waals surface area contributed by atoms with Crippen molar-refractivity contribution >= 4 is 34.8 Å². The van der Waals surface area contributed by atoms with Crippen molar-refractivity contribution in [1.82, 2.24) is 9.97 Å². The first-order valence-corrected chi connectivity index (χ1v) is 13.2. The highest BCUT2D eigenvalue weighted by atomic mass is 19.1. The molecule has 4 aromatic rings. The minimum atomic E-state index is -0.673. The van der Waals surface area contributed by atoms with E-state index in [1.807, 2.05) is 44.2 Å². The largest absolute Gasteiger partial charge is 0.342 e.